The van der Waals surface area contributed by atoms with Crippen molar-refractivity contribution in [2.24, 2.45) is 11.8 Å². The maximum Gasteiger partial charge on any atom is 0.133 e. The van der Waals surface area contributed by atoms with Crippen LogP contribution in [0.2, 0.25) is 0 Å². The first-order valence-electron chi connectivity index (χ1n) is 4.44. The molecule has 0 aromatic carbocycles. The molecule has 2 nitrogen and oxygen atoms in total. The summed E-state index contributed by atoms with van der Waals surface area (Å²) >= 11 is 0. The molecule has 0 heterocycles. The normalized spacial score (nSPS) is 29.8. The van der Waals surface area contributed by atoms with Gasteiger partial charge < -0.3 is 5.11 Å². The molecule has 12 heavy (non-hydrogen) atoms. The minimum absolute atomic E-state index is 0.105. The van der Waals surface area contributed by atoms with Gasteiger partial charge in [-0.05, 0) is 31.3 Å². The van der Waals surface area contributed by atoms with Crippen LogP contribution in [0.4, 0.5) is 0 Å². The van der Waals surface area contributed by atoms with E-state index < -0.39 is 0 Å². The first-order valence-corrected chi connectivity index (χ1v) is 4.44. The van der Waals surface area contributed by atoms with Crippen LogP contribution in [0.15, 0.2) is 11.6 Å². The molecule has 1 aliphatic rings. The molecule has 2 atom stereocenters. The standard InChI is InChI=1S/C10H16O2/c1-7-3-9(6-11)5-10(4-7)8(2)12/h3,7,10-11H,4-6H2,1-2H3. The Bertz CT molecular complexity index is 206. The molecule has 0 aromatic rings. The number of hydrogen-bond acceptors (Lipinski definition) is 2. The Hall–Kier alpha value is -0.630. The van der Waals surface area contributed by atoms with Crippen LogP contribution < -0.4 is 0 Å². The van der Waals surface area contributed by atoms with Crippen molar-refractivity contribution < 1.29 is 9.90 Å². The van der Waals surface area contributed by atoms with E-state index in [0.717, 1.165) is 18.4 Å². The Morgan fingerprint density at radius 2 is 2.42 bits per heavy atom. The van der Waals surface area contributed by atoms with E-state index in [1.54, 1.807) is 6.92 Å². The maximum atomic E-state index is 11.1. The molecule has 0 radical (unpaired) electrons. The van der Waals surface area contributed by atoms with E-state index in [1.165, 1.54) is 0 Å². The van der Waals surface area contributed by atoms with Gasteiger partial charge in [-0.25, -0.2) is 0 Å². The van der Waals surface area contributed by atoms with Crippen LogP contribution in [0, 0.1) is 11.8 Å². The fourth-order valence-corrected chi connectivity index (χ4v) is 1.81. The van der Waals surface area contributed by atoms with Crippen LogP contribution in [0.25, 0.3) is 0 Å². The summed E-state index contributed by atoms with van der Waals surface area (Å²) in [5.41, 5.74) is 1.02. The fourth-order valence-electron chi connectivity index (χ4n) is 1.81. The summed E-state index contributed by atoms with van der Waals surface area (Å²) in [5, 5.41) is 8.93. The average molecular weight is 168 g/mol. The second kappa shape index (κ2) is 3.85. The van der Waals surface area contributed by atoms with E-state index in [0.29, 0.717) is 5.92 Å². The SMILES string of the molecule is CC(=O)C1CC(CO)=CC(C)C1. The molecule has 0 fully saturated rings. The topological polar surface area (TPSA) is 37.3 Å². The zero-order chi connectivity index (χ0) is 9.14. The number of Topliss-reactive ketones (excluding diaryl/α,β-unsaturated/α-hetero) is 1. The summed E-state index contributed by atoms with van der Waals surface area (Å²) in [6, 6.07) is 0. The Morgan fingerprint density at radius 3 is 2.92 bits per heavy atom. The van der Waals surface area contributed by atoms with Gasteiger partial charge in [-0.15, -0.1) is 0 Å². The molecule has 2 unspecified atom stereocenters. The predicted octanol–water partition coefficient (Wildman–Crippen LogP) is 1.54. The summed E-state index contributed by atoms with van der Waals surface area (Å²) in [5.74, 6) is 0.836. The Balaban J connectivity index is 2.65. The van der Waals surface area contributed by atoms with Crippen LogP contribution >= 0.6 is 0 Å². The third-order valence-electron chi connectivity index (χ3n) is 2.46. The highest BCUT2D eigenvalue weighted by molar-refractivity contribution is 5.78. The molecule has 0 saturated carbocycles. The van der Waals surface area contributed by atoms with Crippen molar-refractivity contribution in [2.45, 2.75) is 26.7 Å². The molecular weight excluding hydrogens is 152 g/mol. The lowest BCUT2D eigenvalue weighted by Gasteiger charge is -2.23. The highest BCUT2D eigenvalue weighted by Gasteiger charge is 2.22. The summed E-state index contributed by atoms with van der Waals surface area (Å²) in [6.07, 6.45) is 3.79. The fraction of sp³-hybridized carbons (Fsp3) is 0.700. The average Bonchev–Trinajstić information content (AvgIpc) is 2.03. The van der Waals surface area contributed by atoms with Gasteiger partial charge in [0.25, 0.3) is 0 Å². The quantitative estimate of drug-likeness (QED) is 0.635. The number of carbonyl (C=O) groups is 1. The lowest BCUT2D eigenvalue weighted by molar-refractivity contribution is -0.121. The number of ketones is 1. The van der Waals surface area contributed by atoms with E-state index in [-0.39, 0.29) is 18.3 Å². The molecule has 0 bridgehead atoms. The van der Waals surface area contributed by atoms with Gasteiger partial charge in [0, 0.05) is 5.92 Å². The number of carbonyl (C=O) groups excluding carboxylic acids is 1. The van der Waals surface area contributed by atoms with Crippen molar-refractivity contribution in [3.05, 3.63) is 11.6 Å². The van der Waals surface area contributed by atoms with E-state index in [2.05, 4.69) is 13.0 Å². The van der Waals surface area contributed by atoms with Gasteiger partial charge in [-0.3, -0.25) is 4.79 Å². The van der Waals surface area contributed by atoms with Crippen LogP contribution in [-0.2, 0) is 4.79 Å². The Kier molecular flexibility index (Phi) is 3.04. The van der Waals surface area contributed by atoms with Gasteiger partial charge in [0.15, 0.2) is 0 Å². The van der Waals surface area contributed by atoms with Crippen LogP contribution in [0.1, 0.15) is 26.7 Å². The second-order valence-corrected chi connectivity index (χ2v) is 3.71. The predicted molar refractivity (Wildman–Crippen MR) is 47.7 cm³/mol. The minimum atomic E-state index is 0.105. The highest BCUT2D eigenvalue weighted by atomic mass is 16.3. The first kappa shape index (κ1) is 9.46. The van der Waals surface area contributed by atoms with Gasteiger partial charge in [-0.1, -0.05) is 13.0 Å². The van der Waals surface area contributed by atoms with E-state index in [4.69, 9.17) is 5.11 Å². The van der Waals surface area contributed by atoms with Crippen molar-refractivity contribution in [2.75, 3.05) is 6.61 Å². The smallest absolute Gasteiger partial charge is 0.133 e. The zero-order valence-electron chi connectivity index (χ0n) is 7.71. The van der Waals surface area contributed by atoms with Crippen molar-refractivity contribution in [1.29, 1.82) is 0 Å². The van der Waals surface area contributed by atoms with E-state index >= 15 is 0 Å². The van der Waals surface area contributed by atoms with Crippen LogP contribution in [0.3, 0.4) is 0 Å². The molecule has 0 spiro atoms. The van der Waals surface area contributed by atoms with Gasteiger partial charge in [-0.2, -0.15) is 0 Å². The van der Waals surface area contributed by atoms with Gasteiger partial charge >= 0.3 is 0 Å². The molecule has 1 N–H and O–H groups in total. The molecule has 2 heteroatoms. The number of aliphatic hydroxyl groups excluding tert-OH is 1. The van der Waals surface area contributed by atoms with E-state index in [9.17, 15) is 4.79 Å². The van der Waals surface area contributed by atoms with Crippen molar-refractivity contribution in [3.8, 4) is 0 Å². The number of aliphatic hydroxyl groups is 1. The van der Waals surface area contributed by atoms with Gasteiger partial charge in [0.2, 0.25) is 0 Å². The number of hydrogen-bond donors (Lipinski definition) is 1. The molecule has 1 rings (SSSR count). The molecule has 68 valence electrons. The molecular formula is C10H16O2. The number of allylic oxidation sites excluding steroid dienone is 1. The first-order chi connectivity index (χ1) is 5.63. The zero-order valence-corrected chi connectivity index (χ0v) is 7.71. The molecule has 0 aliphatic heterocycles. The van der Waals surface area contributed by atoms with Crippen molar-refractivity contribution in [3.63, 3.8) is 0 Å². The number of rotatable bonds is 2. The van der Waals surface area contributed by atoms with Crippen molar-refractivity contribution in [1.82, 2.24) is 0 Å². The molecule has 0 amide bonds. The third-order valence-corrected chi connectivity index (χ3v) is 2.46. The molecule has 0 aromatic heterocycles. The van der Waals surface area contributed by atoms with Gasteiger partial charge in [0.05, 0.1) is 6.61 Å². The van der Waals surface area contributed by atoms with Crippen LogP contribution in [-0.4, -0.2) is 17.5 Å². The molecule has 1 aliphatic carbocycles. The monoisotopic (exact) mass is 168 g/mol. The summed E-state index contributed by atoms with van der Waals surface area (Å²) in [7, 11) is 0. The summed E-state index contributed by atoms with van der Waals surface area (Å²) < 4.78 is 0. The summed E-state index contributed by atoms with van der Waals surface area (Å²) in [6.45, 7) is 3.83. The third kappa shape index (κ3) is 2.18. The highest BCUT2D eigenvalue weighted by Crippen LogP contribution is 2.28. The molecule has 0 saturated heterocycles. The van der Waals surface area contributed by atoms with Gasteiger partial charge in [0.1, 0.15) is 5.78 Å². The Labute approximate surface area is 73.3 Å². The second-order valence-electron chi connectivity index (χ2n) is 3.71. The largest absolute Gasteiger partial charge is 0.392 e. The minimum Gasteiger partial charge on any atom is -0.392 e. The van der Waals surface area contributed by atoms with Crippen LogP contribution in [0.5, 0.6) is 0 Å². The van der Waals surface area contributed by atoms with Crippen molar-refractivity contribution >= 4 is 5.78 Å². The Morgan fingerprint density at radius 1 is 1.75 bits per heavy atom. The lowest BCUT2D eigenvalue weighted by Crippen LogP contribution is -2.20. The lowest BCUT2D eigenvalue weighted by atomic mass is 9.81. The summed E-state index contributed by atoms with van der Waals surface area (Å²) in [4.78, 5) is 11.1. The maximum absolute atomic E-state index is 11.1. The van der Waals surface area contributed by atoms with E-state index in [1.807, 2.05) is 0 Å².